The van der Waals surface area contributed by atoms with Crippen molar-refractivity contribution in [2.75, 3.05) is 13.1 Å². The van der Waals surface area contributed by atoms with Gasteiger partial charge in [0.05, 0.1) is 10.9 Å². The number of carbonyl (C=O) groups excluding carboxylic acids is 1. The highest BCUT2D eigenvalue weighted by Crippen LogP contribution is 2.29. The first-order chi connectivity index (χ1) is 10.6. The Morgan fingerprint density at radius 2 is 2.32 bits per heavy atom. The van der Waals surface area contributed by atoms with Gasteiger partial charge in [-0.3, -0.25) is 4.79 Å². The lowest BCUT2D eigenvalue weighted by atomic mass is 10.0. The first kappa shape index (κ1) is 15.2. The van der Waals surface area contributed by atoms with Crippen molar-refractivity contribution in [2.45, 2.75) is 38.6 Å². The normalized spacial score (nSPS) is 21.5. The first-order valence-electron chi connectivity index (χ1n) is 7.64. The Bertz CT molecular complexity index is 664. The minimum absolute atomic E-state index is 0.0279. The molecule has 0 radical (unpaired) electrons. The highest BCUT2D eigenvalue weighted by atomic mass is 32.1. The number of aromatic nitrogens is 1. The van der Waals surface area contributed by atoms with E-state index in [-0.39, 0.29) is 17.9 Å². The molecule has 2 aromatic rings. The van der Waals surface area contributed by atoms with E-state index in [1.54, 1.807) is 16.2 Å². The quantitative estimate of drug-likeness (QED) is 0.940. The molecule has 1 aliphatic rings. The lowest BCUT2D eigenvalue weighted by Gasteiger charge is -2.14. The fraction of sp³-hybridized carbons (Fsp3) is 0.500. The number of hydrogen-bond donors (Lipinski definition) is 1. The first-order valence-corrected chi connectivity index (χ1v) is 8.52. The number of aryl methyl sites for hydroxylation is 2. The molecule has 2 N–H and O–H groups in total. The molecule has 1 amide bonds. The Kier molecular flexibility index (Phi) is 4.31. The van der Waals surface area contributed by atoms with Crippen molar-refractivity contribution in [3.63, 3.8) is 0 Å². The van der Waals surface area contributed by atoms with Gasteiger partial charge in [-0.05, 0) is 31.9 Å². The van der Waals surface area contributed by atoms with E-state index >= 15 is 0 Å². The third kappa shape index (κ3) is 2.94. The summed E-state index contributed by atoms with van der Waals surface area (Å²) in [5.74, 6) is 1.77. The summed E-state index contributed by atoms with van der Waals surface area (Å²) in [7, 11) is 0. The smallest absolute Gasteiger partial charge is 0.273 e. The Hall–Kier alpha value is -1.66. The largest absolute Gasteiger partial charge is 0.466 e. The molecule has 2 aromatic heterocycles. The number of amides is 1. The maximum absolute atomic E-state index is 12.6. The van der Waals surface area contributed by atoms with Crippen LogP contribution in [0, 0.1) is 6.92 Å². The molecule has 0 saturated carbocycles. The van der Waals surface area contributed by atoms with E-state index in [0.717, 1.165) is 29.4 Å². The van der Waals surface area contributed by atoms with Crippen LogP contribution in [0.15, 0.2) is 21.9 Å². The van der Waals surface area contributed by atoms with E-state index in [1.807, 2.05) is 24.4 Å². The number of nitrogens with two attached hydrogens (primary N) is 1. The van der Waals surface area contributed by atoms with Crippen LogP contribution in [-0.2, 0) is 6.42 Å². The Morgan fingerprint density at radius 3 is 3.00 bits per heavy atom. The maximum Gasteiger partial charge on any atom is 0.273 e. The van der Waals surface area contributed by atoms with Gasteiger partial charge in [0.2, 0.25) is 0 Å². The summed E-state index contributed by atoms with van der Waals surface area (Å²) >= 11 is 1.55. The molecule has 1 fully saturated rings. The average molecular weight is 319 g/mol. The van der Waals surface area contributed by atoms with Gasteiger partial charge >= 0.3 is 0 Å². The van der Waals surface area contributed by atoms with E-state index in [0.29, 0.717) is 18.8 Å². The van der Waals surface area contributed by atoms with Crippen LogP contribution in [0.5, 0.6) is 0 Å². The van der Waals surface area contributed by atoms with E-state index in [2.05, 4.69) is 11.9 Å². The number of furan rings is 1. The molecule has 0 bridgehead atoms. The van der Waals surface area contributed by atoms with Crippen LogP contribution in [0.1, 0.15) is 46.3 Å². The minimum Gasteiger partial charge on any atom is -0.466 e. The van der Waals surface area contributed by atoms with Gasteiger partial charge in [-0.25, -0.2) is 4.98 Å². The van der Waals surface area contributed by atoms with Gasteiger partial charge in [0.1, 0.15) is 17.2 Å². The second kappa shape index (κ2) is 6.22. The SMILES string of the molecule is CCCc1nc(C(=O)N2CC(N)C(c3ccc(C)o3)C2)cs1. The Labute approximate surface area is 134 Å². The van der Waals surface area contributed by atoms with E-state index in [4.69, 9.17) is 10.2 Å². The van der Waals surface area contributed by atoms with Gasteiger partial charge in [0.25, 0.3) is 5.91 Å². The summed E-state index contributed by atoms with van der Waals surface area (Å²) in [6, 6.07) is 3.79. The number of nitrogens with zero attached hydrogens (tertiary/aromatic N) is 2. The van der Waals surface area contributed by atoms with Crippen LogP contribution in [0.4, 0.5) is 0 Å². The summed E-state index contributed by atoms with van der Waals surface area (Å²) in [6.45, 7) is 5.16. The number of likely N-dealkylation sites (tertiary alicyclic amines) is 1. The lowest BCUT2D eigenvalue weighted by molar-refractivity contribution is 0.0783. The molecular weight excluding hydrogens is 298 g/mol. The predicted molar refractivity (Wildman–Crippen MR) is 86.2 cm³/mol. The van der Waals surface area contributed by atoms with Crippen molar-refractivity contribution in [2.24, 2.45) is 5.73 Å². The highest BCUT2D eigenvalue weighted by Gasteiger charge is 2.36. The van der Waals surface area contributed by atoms with Gasteiger partial charge in [0, 0.05) is 24.5 Å². The molecule has 6 heteroatoms. The zero-order valence-corrected chi connectivity index (χ0v) is 13.7. The van der Waals surface area contributed by atoms with Gasteiger partial charge in [0.15, 0.2) is 0 Å². The molecule has 0 aromatic carbocycles. The topological polar surface area (TPSA) is 72.4 Å². The van der Waals surface area contributed by atoms with Crippen molar-refractivity contribution in [3.8, 4) is 0 Å². The second-order valence-corrected chi connectivity index (χ2v) is 6.75. The monoisotopic (exact) mass is 319 g/mol. The third-order valence-corrected chi connectivity index (χ3v) is 4.92. The van der Waals surface area contributed by atoms with Crippen molar-refractivity contribution in [1.29, 1.82) is 0 Å². The molecule has 0 spiro atoms. The molecule has 1 aliphatic heterocycles. The van der Waals surface area contributed by atoms with Crippen molar-refractivity contribution < 1.29 is 9.21 Å². The lowest BCUT2D eigenvalue weighted by Crippen LogP contribution is -2.32. The molecule has 1 saturated heterocycles. The van der Waals surface area contributed by atoms with E-state index in [1.165, 1.54) is 0 Å². The van der Waals surface area contributed by atoms with Crippen molar-refractivity contribution in [3.05, 3.63) is 39.7 Å². The number of thiazole rings is 1. The highest BCUT2D eigenvalue weighted by molar-refractivity contribution is 7.09. The van der Waals surface area contributed by atoms with Gasteiger partial charge < -0.3 is 15.1 Å². The van der Waals surface area contributed by atoms with Crippen molar-refractivity contribution >= 4 is 17.2 Å². The summed E-state index contributed by atoms with van der Waals surface area (Å²) in [6.07, 6.45) is 1.96. The molecule has 118 valence electrons. The zero-order valence-electron chi connectivity index (χ0n) is 12.9. The van der Waals surface area contributed by atoms with Crippen LogP contribution in [-0.4, -0.2) is 34.9 Å². The fourth-order valence-corrected chi connectivity index (χ4v) is 3.72. The molecule has 2 unspecified atom stereocenters. The van der Waals surface area contributed by atoms with E-state index in [9.17, 15) is 4.79 Å². The van der Waals surface area contributed by atoms with Crippen LogP contribution in [0.2, 0.25) is 0 Å². The Morgan fingerprint density at radius 1 is 1.50 bits per heavy atom. The van der Waals surface area contributed by atoms with Crippen molar-refractivity contribution in [1.82, 2.24) is 9.88 Å². The molecule has 22 heavy (non-hydrogen) atoms. The zero-order chi connectivity index (χ0) is 15.7. The van der Waals surface area contributed by atoms with Crippen LogP contribution >= 0.6 is 11.3 Å². The summed E-state index contributed by atoms with van der Waals surface area (Å²) < 4.78 is 5.68. The number of hydrogen-bond acceptors (Lipinski definition) is 5. The molecule has 3 rings (SSSR count). The number of rotatable bonds is 4. The van der Waals surface area contributed by atoms with Crippen LogP contribution in [0.3, 0.4) is 0 Å². The molecular formula is C16H21N3O2S. The second-order valence-electron chi connectivity index (χ2n) is 5.81. The number of carbonyl (C=O) groups is 1. The van der Waals surface area contributed by atoms with Gasteiger partial charge in [-0.15, -0.1) is 11.3 Å². The summed E-state index contributed by atoms with van der Waals surface area (Å²) in [5.41, 5.74) is 6.75. The molecule has 5 nitrogen and oxygen atoms in total. The average Bonchev–Trinajstić information content (AvgIpc) is 3.19. The third-order valence-electron chi connectivity index (χ3n) is 4.01. The van der Waals surface area contributed by atoms with Gasteiger partial charge in [-0.1, -0.05) is 6.92 Å². The predicted octanol–water partition coefficient (Wildman–Crippen LogP) is 2.56. The minimum atomic E-state index is -0.0942. The maximum atomic E-state index is 12.6. The summed E-state index contributed by atoms with van der Waals surface area (Å²) in [4.78, 5) is 18.8. The van der Waals surface area contributed by atoms with Gasteiger partial charge in [-0.2, -0.15) is 0 Å². The molecule has 3 heterocycles. The van der Waals surface area contributed by atoms with E-state index < -0.39 is 0 Å². The summed E-state index contributed by atoms with van der Waals surface area (Å²) in [5, 5.41) is 2.87. The Balaban J connectivity index is 1.71. The standard InChI is InChI=1S/C16H21N3O2S/c1-3-4-15-18-13(9-22-15)16(20)19-7-11(12(17)8-19)14-6-5-10(2)21-14/h5-6,9,11-12H,3-4,7-8,17H2,1-2H3. The van der Waals surface area contributed by atoms with Crippen LogP contribution in [0.25, 0.3) is 0 Å². The fourth-order valence-electron chi connectivity index (χ4n) is 2.85. The molecule has 0 aliphatic carbocycles. The van der Waals surface area contributed by atoms with Crippen LogP contribution < -0.4 is 5.73 Å². The molecule has 2 atom stereocenters.